The van der Waals surface area contributed by atoms with E-state index in [-0.39, 0.29) is 11.9 Å². The van der Waals surface area contributed by atoms with Crippen LogP contribution in [0.15, 0.2) is 0 Å². The lowest BCUT2D eigenvalue weighted by Crippen LogP contribution is -2.46. The van der Waals surface area contributed by atoms with E-state index in [1.807, 2.05) is 6.92 Å². The van der Waals surface area contributed by atoms with Gasteiger partial charge in [0.15, 0.2) is 0 Å². The average Bonchev–Trinajstić information content (AvgIpc) is 2.64. The monoisotopic (exact) mass is 300 g/mol. The number of morpholine rings is 1. The number of aryl methyl sites for hydroxylation is 2. The van der Waals surface area contributed by atoms with Crippen molar-refractivity contribution < 1.29 is 9.53 Å². The van der Waals surface area contributed by atoms with Gasteiger partial charge in [-0.15, -0.1) is 0 Å². The number of rotatable bonds is 4. The predicted molar refractivity (Wildman–Crippen MR) is 77.1 cm³/mol. The number of hydrogen-bond donors (Lipinski definition) is 1. The van der Waals surface area contributed by atoms with Crippen LogP contribution in [0, 0.1) is 6.92 Å². The molecule has 0 radical (unpaired) electrons. The Morgan fingerprint density at radius 3 is 2.70 bits per heavy atom. The lowest BCUT2D eigenvalue weighted by Gasteiger charge is -2.29. The summed E-state index contributed by atoms with van der Waals surface area (Å²) in [7, 11) is 1.73. The fraction of sp³-hybridized carbons (Fsp3) is 0.692. The highest BCUT2D eigenvalue weighted by Crippen LogP contribution is 2.18. The number of amides is 1. The molecule has 1 aliphatic rings. The zero-order valence-electron chi connectivity index (χ0n) is 12.1. The van der Waals surface area contributed by atoms with Gasteiger partial charge in [0.05, 0.1) is 24.5 Å². The maximum Gasteiger partial charge on any atom is 0.256 e. The van der Waals surface area contributed by atoms with Crippen molar-refractivity contribution in [1.82, 2.24) is 20.0 Å². The third-order valence-electron chi connectivity index (χ3n) is 3.39. The van der Waals surface area contributed by atoms with Crippen LogP contribution in [0.4, 0.5) is 0 Å². The van der Waals surface area contributed by atoms with Crippen LogP contribution in [0.3, 0.4) is 0 Å². The maximum atomic E-state index is 12.3. The second-order valence-corrected chi connectivity index (χ2v) is 5.52. The van der Waals surface area contributed by atoms with Crippen molar-refractivity contribution in [1.29, 1.82) is 0 Å². The van der Waals surface area contributed by atoms with Gasteiger partial charge in [0.2, 0.25) is 0 Å². The quantitative estimate of drug-likeness (QED) is 0.895. The molecular weight excluding hydrogens is 280 g/mol. The third-order valence-corrected chi connectivity index (χ3v) is 3.83. The van der Waals surface area contributed by atoms with Gasteiger partial charge in [0.1, 0.15) is 5.15 Å². The topological polar surface area (TPSA) is 59.4 Å². The maximum absolute atomic E-state index is 12.3. The molecule has 1 fully saturated rings. The van der Waals surface area contributed by atoms with Crippen molar-refractivity contribution >= 4 is 17.5 Å². The summed E-state index contributed by atoms with van der Waals surface area (Å²) < 4.78 is 6.82. The summed E-state index contributed by atoms with van der Waals surface area (Å²) in [5, 5.41) is 7.50. The van der Waals surface area contributed by atoms with Crippen molar-refractivity contribution in [3.8, 4) is 0 Å². The van der Waals surface area contributed by atoms with Gasteiger partial charge < -0.3 is 10.1 Å². The summed E-state index contributed by atoms with van der Waals surface area (Å²) in [6, 6.07) is 0.0521. The number of nitrogens with one attached hydrogen (secondary N) is 1. The number of halogens is 1. The largest absolute Gasteiger partial charge is 0.379 e. The van der Waals surface area contributed by atoms with Crippen LogP contribution < -0.4 is 5.32 Å². The summed E-state index contributed by atoms with van der Waals surface area (Å²) in [6.45, 7) is 7.93. The van der Waals surface area contributed by atoms with E-state index in [0.29, 0.717) is 16.4 Å². The van der Waals surface area contributed by atoms with Crippen molar-refractivity contribution in [3.63, 3.8) is 0 Å². The molecule has 1 N–H and O–H groups in total. The minimum Gasteiger partial charge on any atom is -0.379 e. The van der Waals surface area contributed by atoms with Gasteiger partial charge in [-0.05, 0) is 13.8 Å². The van der Waals surface area contributed by atoms with E-state index in [1.165, 1.54) is 4.68 Å². The Balaban J connectivity index is 1.93. The molecule has 1 unspecified atom stereocenters. The molecule has 0 aliphatic carbocycles. The molecule has 2 heterocycles. The molecule has 6 nitrogen and oxygen atoms in total. The Kier molecular flexibility index (Phi) is 5.01. The van der Waals surface area contributed by atoms with E-state index in [0.717, 1.165) is 32.8 Å². The van der Waals surface area contributed by atoms with Crippen LogP contribution >= 0.6 is 11.6 Å². The number of carbonyl (C=O) groups is 1. The molecule has 1 aromatic heterocycles. The van der Waals surface area contributed by atoms with Crippen LogP contribution in [0.1, 0.15) is 23.0 Å². The van der Waals surface area contributed by atoms with Crippen LogP contribution in [-0.2, 0) is 11.8 Å². The Morgan fingerprint density at radius 1 is 1.50 bits per heavy atom. The lowest BCUT2D eigenvalue weighted by molar-refractivity contribution is 0.0342. The van der Waals surface area contributed by atoms with Gasteiger partial charge in [0.25, 0.3) is 5.91 Å². The van der Waals surface area contributed by atoms with Gasteiger partial charge in [-0.1, -0.05) is 11.6 Å². The molecule has 1 amide bonds. The van der Waals surface area contributed by atoms with E-state index < -0.39 is 0 Å². The Hall–Kier alpha value is -1.11. The molecule has 0 spiro atoms. The normalized spacial score (nSPS) is 18.0. The van der Waals surface area contributed by atoms with Crippen LogP contribution in [0.5, 0.6) is 0 Å². The Bertz CT molecular complexity index is 483. The smallest absolute Gasteiger partial charge is 0.256 e. The highest BCUT2D eigenvalue weighted by Gasteiger charge is 2.21. The molecule has 112 valence electrons. The zero-order valence-corrected chi connectivity index (χ0v) is 12.9. The molecule has 1 aromatic rings. The van der Waals surface area contributed by atoms with E-state index >= 15 is 0 Å². The molecule has 1 aliphatic heterocycles. The molecule has 0 saturated carbocycles. The second kappa shape index (κ2) is 6.56. The molecule has 7 heteroatoms. The van der Waals surface area contributed by atoms with Gasteiger partial charge in [-0.25, -0.2) is 0 Å². The fourth-order valence-corrected chi connectivity index (χ4v) is 2.66. The number of carbonyl (C=O) groups excluding carboxylic acids is 1. The van der Waals surface area contributed by atoms with E-state index in [2.05, 4.69) is 15.3 Å². The summed E-state index contributed by atoms with van der Waals surface area (Å²) in [5.74, 6) is -0.165. The van der Waals surface area contributed by atoms with E-state index in [1.54, 1.807) is 14.0 Å². The fourth-order valence-electron chi connectivity index (χ4n) is 2.40. The molecule has 0 bridgehead atoms. The summed E-state index contributed by atoms with van der Waals surface area (Å²) >= 11 is 6.10. The first-order valence-corrected chi connectivity index (χ1v) is 7.17. The van der Waals surface area contributed by atoms with Gasteiger partial charge in [0, 0.05) is 32.7 Å². The minimum absolute atomic E-state index is 0.0521. The molecule has 1 atom stereocenters. The molecule has 20 heavy (non-hydrogen) atoms. The van der Waals surface area contributed by atoms with Crippen molar-refractivity contribution in [3.05, 3.63) is 16.4 Å². The summed E-state index contributed by atoms with van der Waals surface area (Å²) in [5.41, 5.74) is 1.11. The number of ether oxygens (including phenoxy) is 1. The summed E-state index contributed by atoms with van der Waals surface area (Å²) in [4.78, 5) is 14.5. The van der Waals surface area contributed by atoms with Gasteiger partial charge in [-0.2, -0.15) is 5.10 Å². The standard InChI is InChI=1S/C13H21ClN4O2/c1-9(8-18-4-6-20-7-5-18)15-13(19)11-10(2)16-17(3)12(11)14/h9H,4-8H2,1-3H3,(H,15,19). The molecule has 1 saturated heterocycles. The minimum atomic E-state index is -0.165. The van der Waals surface area contributed by atoms with Crippen LogP contribution in [0.25, 0.3) is 0 Å². The number of hydrogen-bond acceptors (Lipinski definition) is 4. The van der Waals surface area contributed by atoms with Crippen molar-refractivity contribution in [2.24, 2.45) is 7.05 Å². The number of nitrogens with zero attached hydrogens (tertiary/aromatic N) is 3. The summed E-state index contributed by atoms with van der Waals surface area (Å²) in [6.07, 6.45) is 0. The Labute approximate surface area is 124 Å². The molecule has 0 aromatic carbocycles. The predicted octanol–water partition coefficient (Wildman–Crippen LogP) is 0.832. The van der Waals surface area contributed by atoms with Gasteiger partial charge >= 0.3 is 0 Å². The number of aromatic nitrogens is 2. The van der Waals surface area contributed by atoms with E-state index in [4.69, 9.17) is 16.3 Å². The first-order valence-electron chi connectivity index (χ1n) is 6.79. The molecular formula is C13H21ClN4O2. The Morgan fingerprint density at radius 2 is 2.15 bits per heavy atom. The first-order chi connectivity index (χ1) is 9.49. The highest BCUT2D eigenvalue weighted by molar-refractivity contribution is 6.33. The van der Waals surface area contributed by atoms with Crippen molar-refractivity contribution in [2.45, 2.75) is 19.9 Å². The third kappa shape index (κ3) is 3.50. The second-order valence-electron chi connectivity index (χ2n) is 5.16. The van der Waals surface area contributed by atoms with Gasteiger partial charge in [-0.3, -0.25) is 14.4 Å². The van der Waals surface area contributed by atoms with Crippen LogP contribution in [0.2, 0.25) is 5.15 Å². The SMILES string of the molecule is Cc1nn(C)c(Cl)c1C(=O)NC(C)CN1CCOCC1. The van der Waals surface area contributed by atoms with Crippen LogP contribution in [-0.4, -0.2) is 59.5 Å². The molecule has 2 rings (SSSR count). The zero-order chi connectivity index (χ0) is 14.7. The lowest BCUT2D eigenvalue weighted by atomic mass is 10.2. The first kappa shape index (κ1) is 15.3. The van der Waals surface area contributed by atoms with Crippen molar-refractivity contribution in [2.75, 3.05) is 32.8 Å². The highest BCUT2D eigenvalue weighted by atomic mass is 35.5. The average molecular weight is 301 g/mol. The van der Waals surface area contributed by atoms with E-state index in [9.17, 15) is 4.79 Å².